The third-order valence-corrected chi connectivity index (χ3v) is 2.98. The number of benzene rings is 1. The fourth-order valence-electron chi connectivity index (χ4n) is 1.84. The largest absolute Gasteiger partial charge is 0.370 e. The molecule has 1 amide bonds. The van der Waals surface area contributed by atoms with E-state index in [2.05, 4.69) is 22.5 Å². The maximum atomic E-state index is 13.5. The van der Waals surface area contributed by atoms with E-state index in [9.17, 15) is 9.18 Å². The number of hydrogen-bond donors (Lipinski definition) is 2. The minimum absolute atomic E-state index is 0.158. The van der Waals surface area contributed by atoms with Crippen LogP contribution in [0.2, 0.25) is 0 Å². The average Bonchev–Trinajstić information content (AvgIpc) is 2.52. The highest BCUT2D eigenvalue weighted by atomic mass is 19.1. The Kier molecular flexibility index (Phi) is 5.26. The van der Waals surface area contributed by atoms with Crippen LogP contribution in [0.1, 0.15) is 29.3 Å². The Morgan fingerprint density at radius 2 is 2.10 bits per heavy atom. The molecule has 21 heavy (non-hydrogen) atoms. The van der Waals surface area contributed by atoms with Gasteiger partial charge in [0.1, 0.15) is 11.6 Å². The Labute approximate surface area is 123 Å². The van der Waals surface area contributed by atoms with Crippen LogP contribution in [-0.2, 0) is 6.54 Å². The second-order valence-electron chi connectivity index (χ2n) is 4.63. The van der Waals surface area contributed by atoms with Gasteiger partial charge in [0.05, 0.1) is 0 Å². The van der Waals surface area contributed by atoms with Crippen LogP contribution in [0.4, 0.5) is 10.2 Å². The normalized spacial score (nSPS) is 10.2. The highest BCUT2D eigenvalue weighted by Gasteiger charge is 2.08. The third-order valence-electron chi connectivity index (χ3n) is 2.98. The number of hydrogen-bond acceptors (Lipinski definition) is 3. The summed E-state index contributed by atoms with van der Waals surface area (Å²) in [5.74, 6) is 0.0911. The summed E-state index contributed by atoms with van der Waals surface area (Å²) in [5, 5.41) is 5.83. The van der Waals surface area contributed by atoms with Crippen molar-refractivity contribution >= 4 is 11.7 Å². The third kappa shape index (κ3) is 4.27. The number of pyridine rings is 1. The van der Waals surface area contributed by atoms with Gasteiger partial charge in [-0.05, 0) is 24.6 Å². The standard InChI is InChI=1S/C16H18FN3O/c1-2-8-18-15-10-12(7-9-19-15)16(21)20-11-13-5-3-4-6-14(13)17/h3-7,9-10H,2,8,11H2,1H3,(H,18,19)(H,20,21). The van der Waals surface area contributed by atoms with Crippen molar-refractivity contribution in [1.82, 2.24) is 10.3 Å². The van der Waals surface area contributed by atoms with Crippen molar-refractivity contribution in [2.75, 3.05) is 11.9 Å². The summed E-state index contributed by atoms with van der Waals surface area (Å²) in [7, 11) is 0. The van der Waals surface area contributed by atoms with E-state index < -0.39 is 0 Å². The zero-order valence-electron chi connectivity index (χ0n) is 11.9. The van der Waals surface area contributed by atoms with Crippen molar-refractivity contribution in [3.8, 4) is 0 Å². The molecule has 0 saturated carbocycles. The molecular weight excluding hydrogens is 269 g/mol. The number of carbonyl (C=O) groups is 1. The Morgan fingerprint density at radius 3 is 2.86 bits per heavy atom. The van der Waals surface area contributed by atoms with Gasteiger partial charge in [0.2, 0.25) is 0 Å². The number of halogens is 1. The summed E-state index contributed by atoms with van der Waals surface area (Å²) < 4.78 is 13.5. The number of nitrogens with one attached hydrogen (secondary N) is 2. The zero-order valence-corrected chi connectivity index (χ0v) is 11.9. The number of anilines is 1. The zero-order chi connectivity index (χ0) is 15.1. The van der Waals surface area contributed by atoms with E-state index in [1.165, 1.54) is 6.07 Å². The van der Waals surface area contributed by atoms with Gasteiger partial charge in [0, 0.05) is 30.4 Å². The topological polar surface area (TPSA) is 54.0 Å². The van der Waals surface area contributed by atoms with E-state index >= 15 is 0 Å². The van der Waals surface area contributed by atoms with E-state index in [0.29, 0.717) is 16.9 Å². The SMILES string of the molecule is CCCNc1cc(C(=O)NCc2ccccc2F)ccn1. The molecule has 1 aromatic carbocycles. The summed E-state index contributed by atoms with van der Waals surface area (Å²) in [6.45, 7) is 3.01. The average molecular weight is 287 g/mol. The van der Waals surface area contributed by atoms with Crippen molar-refractivity contribution < 1.29 is 9.18 Å². The van der Waals surface area contributed by atoms with Crippen LogP contribution in [-0.4, -0.2) is 17.4 Å². The van der Waals surface area contributed by atoms with Crippen LogP contribution in [0.5, 0.6) is 0 Å². The highest BCUT2D eigenvalue weighted by molar-refractivity contribution is 5.94. The number of amides is 1. The molecule has 1 aromatic heterocycles. The minimum Gasteiger partial charge on any atom is -0.370 e. The first-order chi connectivity index (χ1) is 10.2. The maximum absolute atomic E-state index is 13.5. The van der Waals surface area contributed by atoms with E-state index in [-0.39, 0.29) is 18.3 Å². The van der Waals surface area contributed by atoms with E-state index in [4.69, 9.17) is 0 Å². The van der Waals surface area contributed by atoms with Crippen molar-refractivity contribution in [1.29, 1.82) is 0 Å². The molecule has 0 atom stereocenters. The van der Waals surface area contributed by atoms with Crippen molar-refractivity contribution in [2.45, 2.75) is 19.9 Å². The molecule has 110 valence electrons. The Bertz CT molecular complexity index is 616. The van der Waals surface area contributed by atoms with E-state index in [1.54, 1.807) is 36.5 Å². The van der Waals surface area contributed by atoms with Crippen molar-refractivity contribution in [2.24, 2.45) is 0 Å². The van der Waals surface area contributed by atoms with Crippen molar-refractivity contribution in [3.05, 3.63) is 59.5 Å². The van der Waals surface area contributed by atoms with Gasteiger partial charge in [0.15, 0.2) is 0 Å². The van der Waals surface area contributed by atoms with Crippen LogP contribution in [0, 0.1) is 5.82 Å². The van der Waals surface area contributed by atoms with Gasteiger partial charge in [-0.1, -0.05) is 25.1 Å². The first-order valence-electron chi connectivity index (χ1n) is 6.92. The van der Waals surface area contributed by atoms with Gasteiger partial charge in [-0.25, -0.2) is 9.37 Å². The molecule has 2 aromatic rings. The molecule has 0 radical (unpaired) electrons. The second-order valence-corrected chi connectivity index (χ2v) is 4.63. The quantitative estimate of drug-likeness (QED) is 0.859. The van der Waals surface area contributed by atoms with Crippen LogP contribution in [0.15, 0.2) is 42.6 Å². The van der Waals surface area contributed by atoms with Crippen LogP contribution in [0.25, 0.3) is 0 Å². The Morgan fingerprint density at radius 1 is 1.29 bits per heavy atom. The summed E-state index contributed by atoms with van der Waals surface area (Å²) in [6.07, 6.45) is 2.56. The molecule has 2 rings (SSSR count). The first kappa shape index (κ1) is 15.0. The summed E-state index contributed by atoms with van der Waals surface area (Å²) in [4.78, 5) is 16.2. The molecule has 4 nitrogen and oxygen atoms in total. The van der Waals surface area contributed by atoms with E-state index in [1.807, 2.05) is 0 Å². The van der Waals surface area contributed by atoms with Crippen LogP contribution >= 0.6 is 0 Å². The fraction of sp³-hybridized carbons (Fsp3) is 0.250. The van der Waals surface area contributed by atoms with Crippen molar-refractivity contribution in [3.63, 3.8) is 0 Å². The van der Waals surface area contributed by atoms with Crippen LogP contribution in [0.3, 0.4) is 0 Å². The molecule has 0 aliphatic carbocycles. The predicted molar refractivity (Wildman–Crippen MR) is 80.6 cm³/mol. The molecule has 0 saturated heterocycles. The molecule has 0 unspecified atom stereocenters. The van der Waals surface area contributed by atoms with Gasteiger partial charge in [-0.3, -0.25) is 4.79 Å². The molecule has 0 aliphatic heterocycles. The summed E-state index contributed by atoms with van der Waals surface area (Å²) in [5.41, 5.74) is 0.962. The second kappa shape index (κ2) is 7.38. The maximum Gasteiger partial charge on any atom is 0.251 e. The molecule has 0 fully saturated rings. The molecule has 2 N–H and O–H groups in total. The number of nitrogens with zero attached hydrogens (tertiary/aromatic N) is 1. The lowest BCUT2D eigenvalue weighted by molar-refractivity contribution is 0.0950. The monoisotopic (exact) mass is 287 g/mol. The van der Waals surface area contributed by atoms with Gasteiger partial charge in [-0.2, -0.15) is 0 Å². The van der Waals surface area contributed by atoms with E-state index in [0.717, 1.165) is 13.0 Å². The van der Waals surface area contributed by atoms with Gasteiger partial charge < -0.3 is 10.6 Å². The van der Waals surface area contributed by atoms with Gasteiger partial charge in [0.25, 0.3) is 5.91 Å². The lowest BCUT2D eigenvalue weighted by Crippen LogP contribution is -2.23. The van der Waals surface area contributed by atoms with Gasteiger partial charge >= 0.3 is 0 Å². The van der Waals surface area contributed by atoms with Crippen LogP contribution < -0.4 is 10.6 Å². The molecule has 0 bridgehead atoms. The number of carbonyl (C=O) groups excluding carboxylic acids is 1. The Hall–Kier alpha value is -2.43. The number of aromatic nitrogens is 1. The Balaban J connectivity index is 1.98. The van der Waals surface area contributed by atoms with Gasteiger partial charge in [-0.15, -0.1) is 0 Å². The predicted octanol–water partition coefficient (Wildman–Crippen LogP) is 2.97. The highest BCUT2D eigenvalue weighted by Crippen LogP contribution is 2.09. The fourth-order valence-corrected chi connectivity index (χ4v) is 1.84. The number of rotatable bonds is 6. The molecule has 0 spiro atoms. The summed E-state index contributed by atoms with van der Waals surface area (Å²) >= 11 is 0. The molecule has 5 heteroatoms. The summed E-state index contributed by atoms with van der Waals surface area (Å²) in [6, 6.07) is 9.70. The first-order valence-corrected chi connectivity index (χ1v) is 6.92. The smallest absolute Gasteiger partial charge is 0.251 e. The lowest BCUT2D eigenvalue weighted by atomic mass is 10.2. The molecule has 1 heterocycles. The minimum atomic E-state index is -0.321. The lowest BCUT2D eigenvalue weighted by Gasteiger charge is -2.08. The molecular formula is C16H18FN3O. The molecule has 0 aliphatic rings.